The van der Waals surface area contributed by atoms with E-state index < -0.39 is 14.1 Å². The van der Waals surface area contributed by atoms with Crippen LogP contribution in [-0.4, -0.2) is 4.75 Å². The summed E-state index contributed by atoms with van der Waals surface area (Å²) in [6.07, 6.45) is 0. The van der Waals surface area contributed by atoms with Crippen LogP contribution < -0.4 is 36.0 Å². The van der Waals surface area contributed by atoms with Crippen LogP contribution in [0.2, 0.25) is 0 Å². The summed E-state index contributed by atoms with van der Waals surface area (Å²) in [5.74, 6) is 0. The van der Waals surface area contributed by atoms with Crippen molar-refractivity contribution < 1.29 is 40.6 Å². The zero-order valence-electron chi connectivity index (χ0n) is 30.5. The smallest absolute Gasteiger partial charge is 0.148 e. The van der Waals surface area contributed by atoms with Crippen molar-refractivity contribution in [2.45, 2.75) is 25.5 Å². The number of hydrogen-bond acceptors (Lipinski definition) is 1. The Bertz CT molecular complexity index is 1750. The van der Waals surface area contributed by atoms with E-state index in [1.165, 1.54) is 31.8 Å². The molecule has 0 aliphatic heterocycles. The van der Waals surface area contributed by atoms with E-state index in [0.29, 0.717) is 0 Å². The van der Waals surface area contributed by atoms with Crippen LogP contribution in [0.5, 0.6) is 0 Å². The summed E-state index contributed by atoms with van der Waals surface area (Å²) in [5, 5.41) is 7.55. The van der Waals surface area contributed by atoms with Crippen LogP contribution in [0.1, 0.15) is 20.8 Å². The summed E-state index contributed by atoms with van der Waals surface area (Å²) in [5.41, 5.74) is 0. The zero-order valence-corrected chi connectivity index (χ0v) is 34.4. The summed E-state index contributed by atoms with van der Waals surface area (Å²) in [7, 11) is -4.99. The summed E-state index contributed by atoms with van der Waals surface area (Å²) >= 11 is 4.83. The van der Waals surface area contributed by atoms with Crippen LogP contribution in [0.3, 0.4) is 0 Å². The Morgan fingerprint density at radius 1 is 0.345 bits per heavy atom. The molecule has 6 aromatic rings. The fraction of sp³-hybridized carbons (Fsp3) is 0.0889. The van der Waals surface area contributed by atoms with Crippen molar-refractivity contribution in [2.24, 2.45) is 0 Å². The van der Waals surface area contributed by atoms with Crippen molar-refractivity contribution in [2.75, 3.05) is 0 Å². The Labute approximate surface area is 342 Å². The number of rotatable bonds is 6. The van der Waals surface area contributed by atoms with E-state index in [2.05, 4.69) is 215 Å². The first-order valence-electron chi connectivity index (χ1n) is 15.9. The minimum Gasteiger partial charge on any atom is -0.148 e. The van der Waals surface area contributed by atoms with Gasteiger partial charge in [-0.1, -0.05) is 130 Å². The monoisotopic (exact) mass is 819 g/mol. The molecule has 0 saturated carbocycles. The summed E-state index contributed by atoms with van der Waals surface area (Å²) < 4.78 is 44.0. The van der Waals surface area contributed by atoms with Gasteiger partial charge in [-0.05, 0) is 72.8 Å². The molecule has 10 heteroatoms. The van der Waals surface area contributed by atoms with Crippen molar-refractivity contribution in [3.05, 3.63) is 215 Å². The Morgan fingerprint density at radius 3 is 0.564 bits per heavy atom. The standard InChI is InChI=1S/C36H30NP2.C4H10S.5CO.Cr/c1-7-19-31(20-8-1)38(32-21-9-2-10-22-32,33-23-11-3-12-24-33)37-39(34-25-13-4-14-26-34,35-27-15-5-16-28-35)36-29-17-6-18-30-36;1-4(2,3)5;5*1-2;/h1-30H;5H,1-3H3;;;;;;/q+1;;;;;;;/p-1. The maximum atomic E-state index is 7.50. The van der Waals surface area contributed by atoms with E-state index >= 15 is 0 Å². The molecule has 0 heterocycles. The van der Waals surface area contributed by atoms with Crippen LogP contribution in [0, 0.1) is 33.3 Å². The Morgan fingerprint density at radius 2 is 0.455 bits per heavy atom. The molecule has 0 fully saturated rings. The average molecular weight is 820 g/mol. The van der Waals surface area contributed by atoms with Crippen LogP contribution in [-0.2, 0) is 53.3 Å². The predicted octanol–water partition coefficient (Wildman–Crippen LogP) is 7.55. The molecule has 0 bridgehead atoms. The molecular weight excluding hydrogens is 781 g/mol. The third-order valence-corrected chi connectivity index (χ3v) is 15.5. The molecule has 0 saturated heterocycles. The molecule has 6 nitrogen and oxygen atoms in total. The van der Waals surface area contributed by atoms with E-state index in [9.17, 15) is 0 Å². The molecule has 0 aliphatic carbocycles. The second-order valence-electron chi connectivity index (χ2n) is 11.5. The SMILES string of the molecule is CC(C)(C)[S-].[C-]#[O+].[C-]#[O+].[C-]#[O+].[C-]#[O+].[C-]#[O+].[Cr].c1ccc(P(=[N+]=P(c2ccccc2)(c2ccccc2)c2ccccc2)(c2ccccc2)c2ccccc2)cc1. The summed E-state index contributed by atoms with van der Waals surface area (Å²) in [6.45, 7) is 28.5. The van der Waals surface area contributed by atoms with Gasteiger partial charge in [0.05, 0.1) is 31.8 Å². The van der Waals surface area contributed by atoms with Crippen molar-refractivity contribution in [3.8, 4) is 0 Å². The van der Waals surface area contributed by atoms with E-state index in [0.717, 1.165) is 0 Å². The fourth-order valence-corrected chi connectivity index (χ4v) is 14.8. The topological polar surface area (TPSA) is 114 Å². The van der Waals surface area contributed by atoms with Gasteiger partial charge in [-0.2, -0.15) is 4.75 Å². The van der Waals surface area contributed by atoms with Crippen LogP contribution in [0.4, 0.5) is 0 Å². The number of nitrogens with zero attached hydrogens (tertiary/aromatic N) is 1. The Hall–Kier alpha value is -4.53. The molecule has 0 atom stereocenters. The molecule has 55 heavy (non-hydrogen) atoms. The third-order valence-electron chi connectivity index (χ3n) is 7.05. The molecule has 6 aromatic carbocycles. The summed E-state index contributed by atoms with van der Waals surface area (Å²) in [4.78, 5) is 0. The van der Waals surface area contributed by atoms with Gasteiger partial charge in [0.2, 0.25) is 0 Å². The molecule has 0 aliphatic rings. The van der Waals surface area contributed by atoms with Gasteiger partial charge in [0.1, 0.15) is 0 Å². The number of hydrogen-bond donors (Lipinski definition) is 0. The predicted molar refractivity (Wildman–Crippen MR) is 219 cm³/mol. The Balaban J connectivity index is 0. The maximum absolute atomic E-state index is 7.50. The van der Waals surface area contributed by atoms with Crippen LogP contribution in [0.15, 0.2) is 182 Å². The van der Waals surface area contributed by atoms with Gasteiger partial charge in [-0.3, -0.25) is 0 Å². The van der Waals surface area contributed by atoms with Gasteiger partial charge in [-0.15, -0.1) is 4.17 Å². The minimum atomic E-state index is -2.50. The molecule has 6 rings (SSSR count). The van der Waals surface area contributed by atoms with Gasteiger partial charge in [0.25, 0.3) is 0 Å². The third kappa shape index (κ3) is 15.3. The second-order valence-corrected chi connectivity index (χ2v) is 19.1. The van der Waals surface area contributed by atoms with Gasteiger partial charge >= 0.3 is 70.6 Å². The molecular formula is C45H39CrNO5P2S. The summed E-state index contributed by atoms with van der Waals surface area (Å²) in [6, 6.07) is 65.7. The fourth-order valence-electron chi connectivity index (χ4n) is 5.27. The van der Waals surface area contributed by atoms with E-state index in [1.54, 1.807) is 0 Å². The van der Waals surface area contributed by atoms with Crippen molar-refractivity contribution >= 4 is 58.6 Å². The average Bonchev–Trinajstić information content (AvgIpc) is 3.26. The zero-order chi connectivity index (χ0) is 40.9. The van der Waals surface area contributed by atoms with Crippen molar-refractivity contribution in [3.63, 3.8) is 0 Å². The van der Waals surface area contributed by atoms with Gasteiger partial charge in [0, 0.05) is 17.4 Å². The quantitative estimate of drug-likeness (QED) is 0.0559. The molecule has 0 unspecified atom stereocenters. The van der Waals surface area contributed by atoms with Gasteiger partial charge in [0.15, 0.2) is 0 Å². The van der Waals surface area contributed by atoms with Gasteiger partial charge in [-0.25, -0.2) is 0 Å². The van der Waals surface area contributed by atoms with E-state index in [4.69, 9.17) is 40.1 Å². The van der Waals surface area contributed by atoms with E-state index in [1.807, 2.05) is 20.8 Å². The molecule has 0 aromatic heterocycles. The number of benzene rings is 6. The van der Waals surface area contributed by atoms with Gasteiger partial charge < -0.3 is 12.6 Å². The molecule has 0 N–H and O–H groups in total. The molecule has 0 radical (unpaired) electrons. The molecule has 276 valence electrons. The molecule has 0 spiro atoms. The first-order chi connectivity index (χ1) is 26.3. The van der Waals surface area contributed by atoms with Crippen LogP contribution >= 0.6 is 14.1 Å². The first kappa shape index (κ1) is 52.6. The minimum absolute atomic E-state index is 0. The van der Waals surface area contributed by atoms with Crippen molar-refractivity contribution in [1.82, 2.24) is 4.17 Å². The Kier molecular flexibility index (Phi) is 28.5. The van der Waals surface area contributed by atoms with Crippen molar-refractivity contribution in [1.29, 1.82) is 0 Å². The van der Waals surface area contributed by atoms with E-state index in [-0.39, 0.29) is 22.1 Å². The van der Waals surface area contributed by atoms with Crippen LogP contribution in [0.25, 0.3) is 0 Å². The second kappa shape index (κ2) is 29.8. The molecule has 0 amide bonds. The normalized spacial score (nSPS) is 9.42. The first-order valence-corrected chi connectivity index (χ1v) is 19.8. The largest absolute Gasteiger partial charge is 0.301 e. The maximum Gasteiger partial charge on any atom is 0.301 e.